The minimum Gasteiger partial charge on any atom is -0.507 e. The van der Waals surface area contributed by atoms with Gasteiger partial charge in [-0.2, -0.15) is 0 Å². The molecule has 1 fully saturated rings. The van der Waals surface area contributed by atoms with Gasteiger partial charge in [0.2, 0.25) is 0 Å². The SMILES string of the molecule is O=C1C(=O)N(Cc2ccccc2)[C@H](c2ccc([N+](=O)[O-])cc2)C1=C(O)c1ccc2c(c1)OCCO2. The molecule has 3 aromatic carbocycles. The van der Waals surface area contributed by atoms with Gasteiger partial charge in [-0.1, -0.05) is 30.3 Å². The van der Waals surface area contributed by atoms with Crippen LogP contribution < -0.4 is 9.47 Å². The largest absolute Gasteiger partial charge is 0.507 e. The molecule has 1 N–H and O–H groups in total. The van der Waals surface area contributed by atoms with Crippen molar-refractivity contribution >= 4 is 23.1 Å². The van der Waals surface area contributed by atoms with Crippen molar-refractivity contribution in [2.24, 2.45) is 0 Å². The Kier molecular flexibility index (Phi) is 5.66. The van der Waals surface area contributed by atoms with Crippen LogP contribution >= 0.6 is 0 Å². The average molecular weight is 472 g/mol. The molecule has 2 heterocycles. The van der Waals surface area contributed by atoms with E-state index in [0.717, 1.165) is 5.56 Å². The number of aliphatic hydroxyl groups is 1. The number of non-ortho nitro benzene ring substituents is 1. The summed E-state index contributed by atoms with van der Waals surface area (Å²) < 4.78 is 11.1. The molecule has 176 valence electrons. The van der Waals surface area contributed by atoms with E-state index in [0.29, 0.717) is 35.8 Å². The summed E-state index contributed by atoms with van der Waals surface area (Å²) in [4.78, 5) is 38.3. The van der Waals surface area contributed by atoms with Crippen LogP contribution in [0, 0.1) is 10.1 Å². The number of likely N-dealkylation sites (tertiary alicyclic amines) is 1. The Bertz CT molecular complexity index is 1350. The predicted molar refractivity (Wildman–Crippen MR) is 125 cm³/mol. The first-order valence-corrected chi connectivity index (χ1v) is 10.9. The number of nitro groups is 1. The second-order valence-corrected chi connectivity index (χ2v) is 8.12. The van der Waals surface area contributed by atoms with E-state index in [1.165, 1.54) is 29.2 Å². The normalized spacial score (nSPS) is 18.5. The number of hydrogen-bond acceptors (Lipinski definition) is 7. The maximum Gasteiger partial charge on any atom is 0.295 e. The number of rotatable bonds is 5. The third-order valence-electron chi connectivity index (χ3n) is 5.97. The Labute approximate surface area is 200 Å². The van der Waals surface area contributed by atoms with Crippen molar-refractivity contribution < 1.29 is 29.1 Å². The zero-order valence-corrected chi connectivity index (χ0v) is 18.4. The number of benzene rings is 3. The fourth-order valence-electron chi connectivity index (χ4n) is 4.29. The lowest BCUT2D eigenvalue weighted by Gasteiger charge is -2.25. The molecule has 35 heavy (non-hydrogen) atoms. The van der Waals surface area contributed by atoms with Gasteiger partial charge in [0.05, 0.1) is 16.5 Å². The minimum absolute atomic E-state index is 0.100. The number of amides is 1. The van der Waals surface area contributed by atoms with E-state index in [1.54, 1.807) is 18.2 Å². The van der Waals surface area contributed by atoms with Crippen molar-refractivity contribution in [2.75, 3.05) is 13.2 Å². The summed E-state index contributed by atoms with van der Waals surface area (Å²) in [5.41, 5.74) is 1.32. The van der Waals surface area contributed by atoms with Crippen LogP contribution in [0.1, 0.15) is 22.7 Å². The summed E-state index contributed by atoms with van der Waals surface area (Å²) >= 11 is 0. The first kappa shape index (κ1) is 22.1. The van der Waals surface area contributed by atoms with E-state index < -0.39 is 22.7 Å². The molecule has 0 aliphatic carbocycles. The van der Waals surface area contributed by atoms with Crippen molar-refractivity contribution in [3.05, 3.63) is 105 Å². The molecule has 0 spiro atoms. The van der Waals surface area contributed by atoms with Gasteiger partial charge in [0, 0.05) is 24.2 Å². The number of ketones is 1. The Morgan fingerprint density at radius 1 is 0.971 bits per heavy atom. The van der Waals surface area contributed by atoms with Gasteiger partial charge < -0.3 is 19.5 Å². The average Bonchev–Trinajstić information content (AvgIpc) is 3.13. The third-order valence-corrected chi connectivity index (χ3v) is 5.97. The van der Waals surface area contributed by atoms with Crippen LogP contribution in [0.3, 0.4) is 0 Å². The number of hydrogen-bond donors (Lipinski definition) is 1. The zero-order valence-electron chi connectivity index (χ0n) is 18.4. The lowest BCUT2D eigenvalue weighted by Crippen LogP contribution is -2.29. The van der Waals surface area contributed by atoms with E-state index in [1.807, 2.05) is 30.3 Å². The highest BCUT2D eigenvalue weighted by atomic mass is 16.6. The molecular weight excluding hydrogens is 452 g/mol. The first-order chi connectivity index (χ1) is 16.9. The third kappa shape index (κ3) is 4.08. The minimum atomic E-state index is -0.941. The number of carbonyl (C=O) groups is 2. The molecule has 2 aliphatic heterocycles. The summed E-state index contributed by atoms with van der Waals surface area (Å²) in [7, 11) is 0. The summed E-state index contributed by atoms with van der Waals surface area (Å²) in [5.74, 6) is -1.03. The van der Waals surface area contributed by atoms with Crippen LogP contribution in [0.15, 0.2) is 78.4 Å². The summed E-state index contributed by atoms with van der Waals surface area (Å²) in [6.45, 7) is 0.871. The molecule has 9 heteroatoms. The molecule has 9 nitrogen and oxygen atoms in total. The van der Waals surface area contributed by atoms with Gasteiger partial charge in [0.15, 0.2) is 11.5 Å². The van der Waals surface area contributed by atoms with E-state index in [2.05, 4.69) is 0 Å². The van der Waals surface area contributed by atoms with E-state index in [-0.39, 0.29) is 23.6 Å². The van der Waals surface area contributed by atoms with Crippen molar-refractivity contribution in [2.45, 2.75) is 12.6 Å². The Morgan fingerprint density at radius 3 is 2.34 bits per heavy atom. The number of carbonyl (C=O) groups excluding carboxylic acids is 2. The van der Waals surface area contributed by atoms with Gasteiger partial charge in [0.25, 0.3) is 17.4 Å². The molecule has 0 saturated carbocycles. The Balaban J connectivity index is 1.63. The van der Waals surface area contributed by atoms with Crippen molar-refractivity contribution in [3.63, 3.8) is 0 Å². The summed E-state index contributed by atoms with van der Waals surface area (Å²) in [6.07, 6.45) is 0. The van der Waals surface area contributed by atoms with Crippen LogP contribution in [0.4, 0.5) is 5.69 Å². The molecule has 0 unspecified atom stereocenters. The van der Waals surface area contributed by atoms with Crippen LogP contribution in [0.5, 0.6) is 11.5 Å². The molecule has 1 amide bonds. The maximum absolute atomic E-state index is 13.2. The number of nitrogens with zero attached hydrogens (tertiary/aromatic N) is 2. The molecule has 1 saturated heterocycles. The number of nitro benzene ring substituents is 1. The monoisotopic (exact) mass is 472 g/mol. The van der Waals surface area contributed by atoms with Crippen molar-refractivity contribution in [1.82, 2.24) is 4.90 Å². The molecular formula is C26H20N2O7. The van der Waals surface area contributed by atoms with Gasteiger partial charge in [0.1, 0.15) is 19.0 Å². The van der Waals surface area contributed by atoms with Gasteiger partial charge in [-0.05, 0) is 41.5 Å². The standard InChI is InChI=1S/C26H20N2O7/c29-24(18-8-11-20-21(14-18)35-13-12-34-20)22-23(17-6-9-19(10-7-17)28(32)33)27(26(31)25(22)30)15-16-4-2-1-3-5-16/h1-11,14,23,29H,12-13,15H2/t23-/m1/s1. The Hall–Kier alpha value is -4.66. The number of fused-ring (bicyclic) bond motifs is 1. The molecule has 1 atom stereocenters. The Morgan fingerprint density at radius 2 is 1.66 bits per heavy atom. The maximum atomic E-state index is 13.2. The molecule has 0 radical (unpaired) electrons. The van der Waals surface area contributed by atoms with Crippen LogP contribution in [-0.4, -0.2) is 39.8 Å². The highest BCUT2D eigenvalue weighted by molar-refractivity contribution is 6.46. The molecule has 0 aromatic heterocycles. The van der Waals surface area contributed by atoms with Crippen molar-refractivity contribution in [3.8, 4) is 11.5 Å². The fraction of sp³-hybridized carbons (Fsp3) is 0.154. The number of ether oxygens (including phenoxy) is 2. The molecule has 3 aromatic rings. The van der Waals surface area contributed by atoms with Gasteiger partial charge >= 0.3 is 0 Å². The fourth-order valence-corrected chi connectivity index (χ4v) is 4.29. The van der Waals surface area contributed by atoms with E-state index in [9.17, 15) is 24.8 Å². The second kappa shape index (κ2) is 8.94. The van der Waals surface area contributed by atoms with E-state index in [4.69, 9.17) is 9.47 Å². The number of aliphatic hydroxyl groups excluding tert-OH is 1. The summed E-state index contributed by atoms with van der Waals surface area (Å²) in [5, 5.41) is 22.4. The van der Waals surface area contributed by atoms with E-state index >= 15 is 0 Å². The van der Waals surface area contributed by atoms with Gasteiger partial charge in [-0.15, -0.1) is 0 Å². The molecule has 0 bridgehead atoms. The molecule has 5 rings (SSSR count). The number of Topliss-reactive ketones (excluding diaryl/α,β-unsaturated/α-hetero) is 1. The first-order valence-electron chi connectivity index (χ1n) is 10.9. The lowest BCUT2D eigenvalue weighted by atomic mass is 9.95. The second-order valence-electron chi connectivity index (χ2n) is 8.12. The van der Waals surface area contributed by atoms with Gasteiger partial charge in [-0.3, -0.25) is 19.7 Å². The highest BCUT2D eigenvalue weighted by Crippen LogP contribution is 2.42. The zero-order chi connectivity index (χ0) is 24.5. The van der Waals surface area contributed by atoms with Crippen LogP contribution in [0.25, 0.3) is 5.76 Å². The lowest BCUT2D eigenvalue weighted by molar-refractivity contribution is -0.384. The smallest absolute Gasteiger partial charge is 0.295 e. The van der Waals surface area contributed by atoms with Crippen LogP contribution in [-0.2, 0) is 16.1 Å². The predicted octanol–water partition coefficient (Wildman–Crippen LogP) is 3.99. The summed E-state index contributed by atoms with van der Waals surface area (Å²) in [6, 6.07) is 18.6. The highest BCUT2D eigenvalue weighted by Gasteiger charge is 2.46. The quantitative estimate of drug-likeness (QED) is 0.196. The van der Waals surface area contributed by atoms with Crippen molar-refractivity contribution in [1.29, 1.82) is 0 Å². The van der Waals surface area contributed by atoms with Crippen LogP contribution in [0.2, 0.25) is 0 Å². The van der Waals surface area contributed by atoms with Gasteiger partial charge in [-0.25, -0.2) is 0 Å². The molecule has 2 aliphatic rings. The topological polar surface area (TPSA) is 119 Å².